The van der Waals surface area contributed by atoms with Crippen molar-refractivity contribution in [2.45, 2.75) is 6.92 Å². The standard InChI is InChI=1S/C11H13ClN2O/c1-7-10(12)3-8(4-11(7)15)9(5-13)6-14-2/h3-6,13-15H,1-2H3/b9-6+,13-5?. The fourth-order valence-electron chi connectivity index (χ4n) is 1.19. The molecule has 0 amide bonds. The van der Waals surface area contributed by atoms with Gasteiger partial charge in [-0.2, -0.15) is 0 Å². The molecular formula is C11H13ClN2O. The molecule has 0 bridgehead atoms. The second-order valence-electron chi connectivity index (χ2n) is 3.13. The minimum atomic E-state index is 0.140. The van der Waals surface area contributed by atoms with Crippen LogP contribution in [0.5, 0.6) is 5.75 Å². The van der Waals surface area contributed by atoms with Crippen molar-refractivity contribution in [2.24, 2.45) is 0 Å². The first-order valence-corrected chi connectivity index (χ1v) is 4.85. The fraction of sp³-hybridized carbons (Fsp3) is 0.182. The number of hydrogen-bond acceptors (Lipinski definition) is 3. The summed E-state index contributed by atoms with van der Waals surface area (Å²) in [6, 6.07) is 3.32. The Hall–Kier alpha value is -1.48. The second-order valence-corrected chi connectivity index (χ2v) is 3.54. The number of nitrogens with one attached hydrogen (secondary N) is 2. The second kappa shape index (κ2) is 4.84. The van der Waals surface area contributed by atoms with Gasteiger partial charge in [-0.05, 0) is 24.6 Å². The molecule has 0 radical (unpaired) electrons. The Morgan fingerprint density at radius 3 is 2.67 bits per heavy atom. The van der Waals surface area contributed by atoms with Crippen molar-refractivity contribution in [1.29, 1.82) is 5.41 Å². The average Bonchev–Trinajstić information content (AvgIpc) is 2.22. The topological polar surface area (TPSA) is 56.1 Å². The van der Waals surface area contributed by atoms with Crippen molar-refractivity contribution in [3.05, 3.63) is 34.5 Å². The van der Waals surface area contributed by atoms with Crippen LogP contribution in [0.2, 0.25) is 5.02 Å². The third-order valence-electron chi connectivity index (χ3n) is 2.11. The fourth-order valence-corrected chi connectivity index (χ4v) is 1.41. The van der Waals surface area contributed by atoms with E-state index in [9.17, 15) is 5.11 Å². The predicted molar refractivity (Wildman–Crippen MR) is 63.7 cm³/mol. The largest absolute Gasteiger partial charge is 0.508 e. The number of halogens is 1. The van der Waals surface area contributed by atoms with Crippen LogP contribution in [0.4, 0.5) is 0 Å². The number of hydrogen-bond donors (Lipinski definition) is 3. The molecule has 3 N–H and O–H groups in total. The van der Waals surface area contributed by atoms with Crippen molar-refractivity contribution in [3.8, 4) is 5.75 Å². The number of rotatable bonds is 3. The number of phenolic OH excluding ortho intramolecular Hbond substituents is 1. The molecule has 0 saturated heterocycles. The Morgan fingerprint density at radius 1 is 1.53 bits per heavy atom. The predicted octanol–water partition coefficient (Wildman–Crippen LogP) is 2.56. The lowest BCUT2D eigenvalue weighted by Crippen LogP contribution is -1.97. The Balaban J connectivity index is 3.26. The minimum absolute atomic E-state index is 0.140. The van der Waals surface area contributed by atoms with Gasteiger partial charge in [-0.1, -0.05) is 11.6 Å². The molecule has 80 valence electrons. The van der Waals surface area contributed by atoms with Gasteiger partial charge in [0.05, 0.1) is 0 Å². The molecule has 0 aliphatic heterocycles. The smallest absolute Gasteiger partial charge is 0.120 e. The third-order valence-corrected chi connectivity index (χ3v) is 2.50. The van der Waals surface area contributed by atoms with E-state index in [0.717, 1.165) is 0 Å². The van der Waals surface area contributed by atoms with Gasteiger partial charge in [0.25, 0.3) is 0 Å². The zero-order valence-electron chi connectivity index (χ0n) is 8.63. The number of allylic oxidation sites excluding steroid dienone is 1. The summed E-state index contributed by atoms with van der Waals surface area (Å²) in [5.41, 5.74) is 2.02. The molecule has 0 heterocycles. The molecule has 0 atom stereocenters. The molecule has 0 spiro atoms. The highest BCUT2D eigenvalue weighted by Gasteiger charge is 2.06. The van der Waals surface area contributed by atoms with Gasteiger partial charge in [0.15, 0.2) is 0 Å². The highest BCUT2D eigenvalue weighted by molar-refractivity contribution is 6.32. The van der Waals surface area contributed by atoms with Gasteiger partial charge in [-0.25, -0.2) is 0 Å². The Morgan fingerprint density at radius 2 is 2.20 bits per heavy atom. The first-order valence-electron chi connectivity index (χ1n) is 4.47. The molecule has 4 heteroatoms. The van der Waals surface area contributed by atoms with Crippen LogP contribution in [-0.4, -0.2) is 18.4 Å². The SMILES string of the molecule is CN/C=C(\C=N)c1cc(O)c(C)c(Cl)c1. The monoisotopic (exact) mass is 224 g/mol. The summed E-state index contributed by atoms with van der Waals surface area (Å²) in [5.74, 6) is 0.140. The molecule has 1 aromatic rings. The van der Waals surface area contributed by atoms with Crippen molar-refractivity contribution in [3.63, 3.8) is 0 Å². The lowest BCUT2D eigenvalue weighted by Gasteiger charge is -2.07. The summed E-state index contributed by atoms with van der Waals surface area (Å²) < 4.78 is 0. The van der Waals surface area contributed by atoms with Crippen LogP contribution in [0.25, 0.3) is 5.57 Å². The Kier molecular flexibility index (Phi) is 3.74. The van der Waals surface area contributed by atoms with Gasteiger partial charge >= 0.3 is 0 Å². The maximum absolute atomic E-state index is 9.59. The van der Waals surface area contributed by atoms with E-state index in [1.54, 1.807) is 32.3 Å². The van der Waals surface area contributed by atoms with Crippen LogP contribution < -0.4 is 5.32 Å². The summed E-state index contributed by atoms with van der Waals surface area (Å²) in [4.78, 5) is 0. The average molecular weight is 225 g/mol. The lowest BCUT2D eigenvalue weighted by atomic mass is 10.1. The van der Waals surface area contributed by atoms with Gasteiger partial charge < -0.3 is 15.8 Å². The van der Waals surface area contributed by atoms with Crippen LogP contribution in [0.15, 0.2) is 18.3 Å². The van der Waals surface area contributed by atoms with Crippen LogP contribution in [0.3, 0.4) is 0 Å². The van der Waals surface area contributed by atoms with Crippen LogP contribution in [-0.2, 0) is 0 Å². The summed E-state index contributed by atoms with van der Waals surface area (Å²) in [6.07, 6.45) is 2.88. The van der Waals surface area contributed by atoms with Gasteiger partial charge in [-0.3, -0.25) is 0 Å². The molecule has 0 aromatic heterocycles. The van der Waals surface area contributed by atoms with Crippen molar-refractivity contribution in [1.82, 2.24) is 5.32 Å². The molecule has 0 aliphatic carbocycles. The first kappa shape index (κ1) is 11.6. The van der Waals surface area contributed by atoms with E-state index in [1.165, 1.54) is 6.21 Å². The maximum Gasteiger partial charge on any atom is 0.120 e. The van der Waals surface area contributed by atoms with Gasteiger partial charge in [0.2, 0.25) is 0 Å². The molecular weight excluding hydrogens is 212 g/mol. The highest BCUT2D eigenvalue weighted by Crippen LogP contribution is 2.29. The van der Waals surface area contributed by atoms with Crippen LogP contribution in [0.1, 0.15) is 11.1 Å². The third kappa shape index (κ3) is 2.50. The highest BCUT2D eigenvalue weighted by atomic mass is 35.5. The van der Waals surface area contributed by atoms with Crippen molar-refractivity contribution in [2.75, 3.05) is 7.05 Å². The summed E-state index contributed by atoms with van der Waals surface area (Å²) in [6.45, 7) is 1.74. The number of benzene rings is 1. The zero-order valence-corrected chi connectivity index (χ0v) is 9.39. The minimum Gasteiger partial charge on any atom is -0.508 e. The maximum atomic E-state index is 9.59. The van der Waals surface area contributed by atoms with E-state index >= 15 is 0 Å². The van der Waals surface area contributed by atoms with Gasteiger partial charge in [0, 0.05) is 35.6 Å². The molecule has 1 rings (SSSR count). The molecule has 3 nitrogen and oxygen atoms in total. The first-order chi connectivity index (χ1) is 7.10. The van der Waals surface area contributed by atoms with Crippen LogP contribution >= 0.6 is 11.6 Å². The molecule has 0 unspecified atom stereocenters. The van der Waals surface area contributed by atoms with E-state index in [0.29, 0.717) is 21.7 Å². The van der Waals surface area contributed by atoms with E-state index in [1.807, 2.05) is 0 Å². The number of phenols is 1. The lowest BCUT2D eigenvalue weighted by molar-refractivity contribution is 0.471. The normalized spacial score (nSPS) is 11.3. The zero-order chi connectivity index (χ0) is 11.4. The summed E-state index contributed by atoms with van der Waals surface area (Å²) in [5, 5.41) is 20.2. The summed E-state index contributed by atoms with van der Waals surface area (Å²) in [7, 11) is 1.75. The quantitative estimate of drug-likeness (QED) is 0.692. The Bertz CT molecular complexity index is 390. The van der Waals surface area contributed by atoms with Crippen molar-refractivity contribution >= 4 is 23.4 Å². The van der Waals surface area contributed by atoms with Crippen LogP contribution in [0, 0.1) is 12.3 Å². The van der Waals surface area contributed by atoms with E-state index < -0.39 is 0 Å². The molecule has 0 fully saturated rings. The molecule has 0 saturated carbocycles. The van der Waals surface area contributed by atoms with E-state index in [2.05, 4.69) is 5.32 Å². The van der Waals surface area contributed by atoms with Gasteiger partial charge in [0.1, 0.15) is 5.75 Å². The van der Waals surface area contributed by atoms with Gasteiger partial charge in [-0.15, -0.1) is 0 Å². The number of aromatic hydroxyl groups is 1. The van der Waals surface area contributed by atoms with E-state index in [4.69, 9.17) is 17.0 Å². The molecule has 15 heavy (non-hydrogen) atoms. The summed E-state index contributed by atoms with van der Waals surface area (Å²) >= 11 is 5.94. The molecule has 0 aliphatic rings. The molecule has 1 aromatic carbocycles. The van der Waals surface area contributed by atoms with E-state index in [-0.39, 0.29) is 5.75 Å². The van der Waals surface area contributed by atoms with Crippen molar-refractivity contribution < 1.29 is 5.11 Å². The Labute approximate surface area is 93.9 Å².